The van der Waals surface area contributed by atoms with E-state index in [0.29, 0.717) is 29.7 Å². The van der Waals surface area contributed by atoms with Gasteiger partial charge in [0.15, 0.2) is 11.5 Å². The molecule has 0 unspecified atom stereocenters. The second-order valence-electron chi connectivity index (χ2n) is 11.6. The van der Waals surface area contributed by atoms with Crippen molar-refractivity contribution in [3.63, 3.8) is 0 Å². The molecule has 2 aromatic carbocycles. The highest BCUT2D eigenvalue weighted by atomic mass is 35.5. The van der Waals surface area contributed by atoms with Gasteiger partial charge in [0.1, 0.15) is 11.7 Å². The zero-order chi connectivity index (χ0) is 24.2. The Morgan fingerprint density at radius 3 is 2.84 bits per heavy atom. The molecule has 5 atom stereocenters. The van der Waals surface area contributed by atoms with Crippen LogP contribution in [0.25, 0.3) is 11.0 Å². The zero-order valence-electron chi connectivity index (χ0n) is 20.5. The second kappa shape index (κ2) is 7.88. The molecule has 8 rings (SSSR count). The molecular formula is C29H31ClN2O5. The topological polar surface area (TPSA) is 95.2 Å². The molecule has 3 aromatic rings. The van der Waals surface area contributed by atoms with E-state index < -0.39 is 17.1 Å². The number of carbonyl (C=O) groups excluding carboxylic acids is 1. The molecule has 8 heteroatoms. The number of halogens is 1. The Balaban J connectivity index is 0.00000231. The molecule has 3 N–H and O–H groups in total. The van der Waals surface area contributed by atoms with Crippen LogP contribution in [0.1, 0.15) is 53.6 Å². The Labute approximate surface area is 221 Å². The van der Waals surface area contributed by atoms with Crippen LogP contribution in [0.3, 0.4) is 0 Å². The van der Waals surface area contributed by atoms with Crippen LogP contribution in [-0.4, -0.2) is 57.9 Å². The predicted molar refractivity (Wildman–Crippen MR) is 140 cm³/mol. The summed E-state index contributed by atoms with van der Waals surface area (Å²) in [5.41, 5.74) is 1.77. The van der Waals surface area contributed by atoms with Crippen molar-refractivity contribution in [2.45, 2.75) is 67.7 Å². The van der Waals surface area contributed by atoms with Gasteiger partial charge < -0.3 is 24.7 Å². The quantitative estimate of drug-likeness (QED) is 0.481. The van der Waals surface area contributed by atoms with Gasteiger partial charge in [-0.15, -0.1) is 12.4 Å². The normalized spacial score (nSPS) is 33.4. The molecule has 37 heavy (non-hydrogen) atoms. The number of nitrogens with zero attached hydrogens (tertiary/aromatic N) is 1. The van der Waals surface area contributed by atoms with E-state index in [0.717, 1.165) is 48.4 Å². The average molecular weight is 523 g/mol. The van der Waals surface area contributed by atoms with Crippen LogP contribution in [0, 0.1) is 5.92 Å². The first-order valence-electron chi connectivity index (χ1n) is 13.2. The number of hydrogen-bond donors (Lipinski definition) is 3. The van der Waals surface area contributed by atoms with Crippen LogP contribution < -0.4 is 10.1 Å². The maximum atomic E-state index is 13.4. The number of fused-ring (bicyclic) bond motifs is 1. The van der Waals surface area contributed by atoms with Crippen LogP contribution >= 0.6 is 12.4 Å². The van der Waals surface area contributed by atoms with Crippen molar-refractivity contribution in [3.8, 4) is 11.5 Å². The number of aliphatic hydroxyl groups is 1. The molecule has 2 saturated carbocycles. The Morgan fingerprint density at radius 2 is 2.00 bits per heavy atom. The Bertz CT molecular complexity index is 1420. The van der Waals surface area contributed by atoms with Crippen molar-refractivity contribution in [1.82, 2.24) is 10.2 Å². The monoisotopic (exact) mass is 522 g/mol. The first-order chi connectivity index (χ1) is 17.5. The summed E-state index contributed by atoms with van der Waals surface area (Å²) in [5.74, 6) is 1.19. The summed E-state index contributed by atoms with van der Waals surface area (Å²) in [6.45, 7) is 1.94. The fraction of sp³-hybridized carbons (Fsp3) is 0.483. The summed E-state index contributed by atoms with van der Waals surface area (Å²) in [6, 6.07) is 10.8. The van der Waals surface area contributed by atoms with Gasteiger partial charge in [0, 0.05) is 29.1 Å². The summed E-state index contributed by atoms with van der Waals surface area (Å²) < 4.78 is 12.0. The molecule has 1 saturated heterocycles. The second-order valence-corrected chi connectivity index (χ2v) is 11.6. The SMILES string of the molecule is Cl.O=C(N[C@H]1CC[C@@]2(O)[C@H]3Cc4ccc(O)c5c4[C@@]2(CCN3CC2CC2)[C@H]1O5)c1ccc2ccoc2c1. The largest absolute Gasteiger partial charge is 0.504 e. The van der Waals surface area contributed by atoms with Crippen molar-refractivity contribution in [2.24, 2.45) is 5.92 Å². The molecule has 3 fully saturated rings. The molecular weight excluding hydrogens is 492 g/mol. The summed E-state index contributed by atoms with van der Waals surface area (Å²) >= 11 is 0. The summed E-state index contributed by atoms with van der Waals surface area (Å²) in [4.78, 5) is 15.9. The number of amides is 1. The molecule has 2 bridgehead atoms. The number of piperidine rings is 1. The Hall–Kier alpha value is -2.74. The number of rotatable bonds is 4. The van der Waals surface area contributed by atoms with Crippen molar-refractivity contribution in [2.75, 3.05) is 13.1 Å². The third-order valence-corrected chi connectivity index (χ3v) is 9.80. The zero-order valence-corrected chi connectivity index (χ0v) is 21.3. The fourth-order valence-electron chi connectivity index (χ4n) is 7.98. The highest BCUT2D eigenvalue weighted by Crippen LogP contribution is 2.65. The number of aromatic hydroxyl groups is 1. The van der Waals surface area contributed by atoms with Crippen LogP contribution in [0.4, 0.5) is 0 Å². The molecule has 7 nitrogen and oxygen atoms in total. The van der Waals surface area contributed by atoms with E-state index in [9.17, 15) is 15.0 Å². The number of furan rings is 1. The Morgan fingerprint density at radius 1 is 1.14 bits per heavy atom. The highest BCUT2D eigenvalue weighted by molar-refractivity contribution is 5.97. The van der Waals surface area contributed by atoms with Crippen molar-refractivity contribution < 1.29 is 24.2 Å². The summed E-state index contributed by atoms with van der Waals surface area (Å²) in [5, 5.41) is 27.5. The van der Waals surface area contributed by atoms with Crippen molar-refractivity contribution in [3.05, 3.63) is 59.4 Å². The molecule has 1 amide bonds. The van der Waals surface area contributed by atoms with Gasteiger partial charge in [0.05, 0.1) is 23.3 Å². The van der Waals surface area contributed by atoms with E-state index in [1.54, 1.807) is 18.4 Å². The number of ether oxygens (including phenoxy) is 1. The molecule has 2 aliphatic heterocycles. The first kappa shape index (κ1) is 23.4. The van der Waals surface area contributed by atoms with Crippen LogP contribution in [0.5, 0.6) is 11.5 Å². The number of likely N-dealkylation sites (tertiary alicyclic amines) is 1. The number of phenols is 1. The predicted octanol–water partition coefficient (Wildman–Crippen LogP) is 3.92. The van der Waals surface area contributed by atoms with Crippen LogP contribution in [-0.2, 0) is 11.8 Å². The lowest BCUT2D eigenvalue weighted by molar-refractivity contribution is -0.191. The number of hydrogen-bond acceptors (Lipinski definition) is 6. The smallest absolute Gasteiger partial charge is 0.251 e. The van der Waals surface area contributed by atoms with Crippen molar-refractivity contribution >= 4 is 29.3 Å². The molecule has 3 heterocycles. The summed E-state index contributed by atoms with van der Waals surface area (Å²) in [6.07, 6.45) is 6.49. The van der Waals surface area contributed by atoms with Gasteiger partial charge in [-0.25, -0.2) is 0 Å². The van der Waals surface area contributed by atoms with Crippen molar-refractivity contribution in [1.29, 1.82) is 0 Å². The van der Waals surface area contributed by atoms with Crippen LogP contribution in [0.15, 0.2) is 47.1 Å². The van der Waals surface area contributed by atoms with Gasteiger partial charge in [-0.05, 0) is 80.8 Å². The average Bonchev–Trinajstić information content (AvgIpc) is 3.42. The minimum atomic E-state index is -0.953. The maximum absolute atomic E-state index is 13.4. The number of phenolic OH excluding ortho intramolecular Hbond substituents is 1. The lowest BCUT2D eigenvalue weighted by atomic mass is 9.48. The standard InChI is InChI=1S/C29H30N2O5.ClH/c32-21-6-5-18-14-23-29(34)9-7-20(30-27(33)19-4-3-17-8-12-35-22(17)13-19)26-28(29,24(18)25(21)36-26)10-11-31(23)15-16-1-2-16;/h3-6,8,12-13,16,20,23,26,32,34H,1-2,7,9-11,14-15H2,(H,30,33);1H/t20-,23+,26-,28-,29+;/m0./s1. The van der Waals surface area contributed by atoms with Gasteiger partial charge in [-0.1, -0.05) is 12.1 Å². The van der Waals surface area contributed by atoms with E-state index in [1.165, 1.54) is 12.8 Å². The van der Waals surface area contributed by atoms with E-state index in [4.69, 9.17) is 9.15 Å². The molecule has 0 radical (unpaired) electrons. The van der Waals surface area contributed by atoms with E-state index in [2.05, 4.69) is 10.2 Å². The Kier molecular flexibility index (Phi) is 4.98. The fourth-order valence-corrected chi connectivity index (χ4v) is 7.98. The lowest BCUT2D eigenvalue weighted by Gasteiger charge is -2.64. The number of benzene rings is 2. The summed E-state index contributed by atoms with van der Waals surface area (Å²) in [7, 11) is 0. The third-order valence-electron chi connectivity index (χ3n) is 9.80. The van der Waals surface area contributed by atoms with Gasteiger partial charge in [-0.3, -0.25) is 9.69 Å². The van der Waals surface area contributed by atoms with Gasteiger partial charge in [-0.2, -0.15) is 0 Å². The minimum absolute atomic E-state index is 0. The van der Waals surface area contributed by atoms with E-state index in [-0.39, 0.29) is 36.1 Å². The lowest BCUT2D eigenvalue weighted by Crippen LogP contribution is -2.78. The van der Waals surface area contributed by atoms with E-state index >= 15 is 0 Å². The molecule has 5 aliphatic rings. The molecule has 1 aromatic heterocycles. The maximum Gasteiger partial charge on any atom is 0.251 e. The van der Waals surface area contributed by atoms with Gasteiger partial charge in [0.2, 0.25) is 0 Å². The third kappa shape index (κ3) is 3.05. The van der Waals surface area contributed by atoms with Gasteiger partial charge >= 0.3 is 0 Å². The number of nitrogens with one attached hydrogen (secondary N) is 1. The minimum Gasteiger partial charge on any atom is -0.504 e. The molecule has 194 valence electrons. The van der Waals surface area contributed by atoms with E-state index in [1.807, 2.05) is 24.3 Å². The first-order valence-corrected chi connectivity index (χ1v) is 13.2. The highest BCUT2D eigenvalue weighted by Gasteiger charge is 2.73. The van der Waals surface area contributed by atoms with Gasteiger partial charge in [0.25, 0.3) is 5.91 Å². The molecule has 3 aliphatic carbocycles. The molecule has 1 spiro atoms. The van der Waals surface area contributed by atoms with Crippen LogP contribution in [0.2, 0.25) is 0 Å². The number of carbonyl (C=O) groups is 1.